The molecule has 2 rings (SSSR count). The third-order valence-electron chi connectivity index (χ3n) is 2.11. The Morgan fingerprint density at radius 1 is 1.23 bits per heavy atom. The molecule has 0 aliphatic carbocycles. The topological polar surface area (TPSA) is 15.3 Å². The first-order chi connectivity index (χ1) is 6.29. The van der Waals surface area contributed by atoms with Crippen molar-refractivity contribution in [3.63, 3.8) is 0 Å². The number of nitrogens with one attached hydrogen (secondary N) is 1. The minimum Gasteiger partial charge on any atom is -0.355 e. The van der Waals surface area contributed by atoms with Crippen LogP contribution in [0.15, 0.2) is 18.2 Å². The molecule has 1 aliphatic heterocycles. The van der Waals surface area contributed by atoms with Crippen LogP contribution in [0, 0.1) is 0 Å². The maximum atomic E-state index is 6.06. The zero-order chi connectivity index (χ0) is 9.26. The Labute approximate surface area is 87.4 Å². The fourth-order valence-electron chi connectivity index (χ4n) is 1.49. The summed E-state index contributed by atoms with van der Waals surface area (Å²) >= 11 is 12.1. The van der Waals surface area contributed by atoms with Crippen molar-refractivity contribution in [2.24, 2.45) is 0 Å². The molecule has 0 saturated carbocycles. The van der Waals surface area contributed by atoms with Gasteiger partial charge in [0.05, 0.1) is 22.4 Å². The molecule has 1 heterocycles. The van der Waals surface area contributed by atoms with Gasteiger partial charge in [0.25, 0.3) is 0 Å². The fourth-order valence-corrected chi connectivity index (χ4v) is 2.13. The SMILES string of the molecule is Clc1cccc(Cl)c1N1CCNC1. The molecule has 0 unspecified atom stereocenters. The molecule has 4 heteroatoms. The third kappa shape index (κ3) is 1.75. The van der Waals surface area contributed by atoms with Crippen molar-refractivity contribution >= 4 is 28.9 Å². The normalized spacial score (nSPS) is 16.6. The molecule has 0 atom stereocenters. The van der Waals surface area contributed by atoms with Crippen molar-refractivity contribution in [3.8, 4) is 0 Å². The maximum absolute atomic E-state index is 6.06. The molecule has 1 fully saturated rings. The van der Waals surface area contributed by atoms with Crippen LogP contribution in [0.4, 0.5) is 5.69 Å². The van der Waals surface area contributed by atoms with Gasteiger partial charge < -0.3 is 4.90 Å². The van der Waals surface area contributed by atoms with Gasteiger partial charge in [-0.05, 0) is 12.1 Å². The molecule has 0 bridgehead atoms. The number of benzene rings is 1. The molecule has 70 valence electrons. The van der Waals surface area contributed by atoms with Crippen molar-refractivity contribution in [2.45, 2.75) is 0 Å². The lowest BCUT2D eigenvalue weighted by molar-refractivity contribution is 0.855. The number of anilines is 1. The molecule has 0 radical (unpaired) electrons. The first-order valence-corrected chi connectivity index (χ1v) is 4.94. The van der Waals surface area contributed by atoms with E-state index in [2.05, 4.69) is 10.2 Å². The van der Waals surface area contributed by atoms with Crippen LogP contribution in [-0.2, 0) is 0 Å². The molecule has 13 heavy (non-hydrogen) atoms. The zero-order valence-corrected chi connectivity index (χ0v) is 8.57. The summed E-state index contributed by atoms with van der Waals surface area (Å²) in [6.07, 6.45) is 0. The molecule has 0 aromatic heterocycles. The summed E-state index contributed by atoms with van der Waals surface area (Å²) in [5.41, 5.74) is 0.941. The number of nitrogens with zero attached hydrogens (tertiary/aromatic N) is 1. The number of halogens is 2. The monoisotopic (exact) mass is 216 g/mol. The summed E-state index contributed by atoms with van der Waals surface area (Å²) in [5, 5.41) is 4.67. The Hall–Kier alpha value is -0.440. The predicted molar refractivity (Wildman–Crippen MR) is 56.7 cm³/mol. The van der Waals surface area contributed by atoms with Gasteiger partial charge in [0.2, 0.25) is 0 Å². The third-order valence-corrected chi connectivity index (χ3v) is 2.72. The van der Waals surface area contributed by atoms with Crippen molar-refractivity contribution < 1.29 is 0 Å². The van der Waals surface area contributed by atoms with Crippen molar-refractivity contribution in [3.05, 3.63) is 28.2 Å². The Morgan fingerprint density at radius 3 is 2.46 bits per heavy atom. The van der Waals surface area contributed by atoms with Gasteiger partial charge in [-0.15, -0.1) is 0 Å². The van der Waals surface area contributed by atoms with E-state index in [1.54, 1.807) is 0 Å². The van der Waals surface area contributed by atoms with Gasteiger partial charge in [-0.1, -0.05) is 29.3 Å². The lowest BCUT2D eigenvalue weighted by Crippen LogP contribution is -2.21. The number of para-hydroxylation sites is 1. The highest BCUT2D eigenvalue weighted by atomic mass is 35.5. The Bertz CT molecular complexity index is 288. The van der Waals surface area contributed by atoms with Crippen LogP contribution < -0.4 is 10.2 Å². The van der Waals surface area contributed by atoms with Crippen LogP contribution in [-0.4, -0.2) is 19.8 Å². The molecular formula is C9H10Cl2N2. The molecule has 0 amide bonds. The van der Waals surface area contributed by atoms with Gasteiger partial charge in [0.1, 0.15) is 0 Å². The highest BCUT2D eigenvalue weighted by Gasteiger charge is 2.16. The molecule has 1 aromatic rings. The van der Waals surface area contributed by atoms with Crippen LogP contribution in [0.3, 0.4) is 0 Å². The van der Waals surface area contributed by atoms with Crippen LogP contribution in [0.25, 0.3) is 0 Å². The Morgan fingerprint density at radius 2 is 1.92 bits per heavy atom. The largest absolute Gasteiger partial charge is 0.355 e. The zero-order valence-electron chi connectivity index (χ0n) is 7.06. The van der Waals surface area contributed by atoms with Gasteiger partial charge in [-0.3, -0.25) is 5.32 Å². The minimum atomic E-state index is 0.719. The summed E-state index contributed by atoms with van der Waals surface area (Å²) < 4.78 is 0. The highest BCUT2D eigenvalue weighted by molar-refractivity contribution is 6.39. The van der Waals surface area contributed by atoms with E-state index < -0.39 is 0 Å². The lowest BCUT2D eigenvalue weighted by atomic mass is 10.3. The number of rotatable bonds is 1. The van der Waals surface area contributed by atoms with Crippen LogP contribution >= 0.6 is 23.2 Å². The average Bonchev–Trinajstić information content (AvgIpc) is 2.57. The van der Waals surface area contributed by atoms with E-state index in [0.717, 1.165) is 35.5 Å². The molecule has 2 nitrogen and oxygen atoms in total. The molecule has 1 aromatic carbocycles. The number of hydrogen-bond donors (Lipinski definition) is 1. The lowest BCUT2D eigenvalue weighted by Gasteiger charge is -2.19. The second-order valence-corrected chi connectivity index (χ2v) is 3.81. The predicted octanol–water partition coefficient (Wildman–Crippen LogP) is 2.36. The van der Waals surface area contributed by atoms with Gasteiger partial charge >= 0.3 is 0 Å². The van der Waals surface area contributed by atoms with Crippen molar-refractivity contribution in [2.75, 3.05) is 24.7 Å². The molecule has 0 spiro atoms. The smallest absolute Gasteiger partial charge is 0.0755 e. The van der Waals surface area contributed by atoms with E-state index in [-0.39, 0.29) is 0 Å². The van der Waals surface area contributed by atoms with Crippen LogP contribution in [0.5, 0.6) is 0 Å². The first kappa shape index (κ1) is 9.13. The molecule has 1 aliphatic rings. The Kier molecular flexibility index (Phi) is 2.63. The Balaban J connectivity index is 2.37. The summed E-state index contributed by atoms with van der Waals surface area (Å²) in [6.45, 7) is 2.77. The number of hydrogen-bond acceptors (Lipinski definition) is 2. The maximum Gasteiger partial charge on any atom is 0.0755 e. The van der Waals surface area contributed by atoms with E-state index in [1.807, 2.05) is 18.2 Å². The van der Waals surface area contributed by atoms with E-state index in [9.17, 15) is 0 Å². The van der Waals surface area contributed by atoms with Crippen LogP contribution in [0.1, 0.15) is 0 Å². The van der Waals surface area contributed by atoms with Gasteiger partial charge in [-0.25, -0.2) is 0 Å². The molecule has 1 N–H and O–H groups in total. The quantitative estimate of drug-likeness (QED) is 0.776. The average molecular weight is 217 g/mol. The van der Waals surface area contributed by atoms with E-state index in [1.165, 1.54) is 0 Å². The van der Waals surface area contributed by atoms with Gasteiger partial charge in [0, 0.05) is 13.1 Å². The van der Waals surface area contributed by atoms with Crippen LogP contribution in [0.2, 0.25) is 10.0 Å². The summed E-state index contributed by atoms with van der Waals surface area (Å²) in [4.78, 5) is 2.14. The first-order valence-electron chi connectivity index (χ1n) is 4.19. The van der Waals surface area contributed by atoms with Gasteiger partial charge in [0.15, 0.2) is 0 Å². The second-order valence-electron chi connectivity index (χ2n) is 2.99. The van der Waals surface area contributed by atoms with Crippen molar-refractivity contribution in [1.82, 2.24) is 5.32 Å². The van der Waals surface area contributed by atoms with Gasteiger partial charge in [-0.2, -0.15) is 0 Å². The highest BCUT2D eigenvalue weighted by Crippen LogP contribution is 2.33. The molecule has 1 saturated heterocycles. The fraction of sp³-hybridized carbons (Fsp3) is 0.333. The van der Waals surface area contributed by atoms with E-state index in [0.29, 0.717) is 0 Å². The summed E-state index contributed by atoms with van der Waals surface area (Å²) in [5.74, 6) is 0. The van der Waals surface area contributed by atoms with Crippen molar-refractivity contribution in [1.29, 1.82) is 0 Å². The second kappa shape index (κ2) is 3.74. The minimum absolute atomic E-state index is 0.719. The molecular weight excluding hydrogens is 207 g/mol. The van der Waals surface area contributed by atoms with E-state index >= 15 is 0 Å². The summed E-state index contributed by atoms with van der Waals surface area (Å²) in [7, 11) is 0. The van der Waals surface area contributed by atoms with E-state index in [4.69, 9.17) is 23.2 Å². The summed E-state index contributed by atoms with van der Waals surface area (Å²) in [6, 6.07) is 5.58. The standard InChI is InChI=1S/C9H10Cl2N2/c10-7-2-1-3-8(11)9(7)13-5-4-12-6-13/h1-3,12H,4-6H2.